The molecule has 0 N–H and O–H groups in total. The van der Waals surface area contributed by atoms with E-state index in [0.717, 1.165) is 23.5 Å². The SMILES string of the molecule is COc1cccc(Cc2nc3ccccc3n2C(C)(C)C)c1. The maximum absolute atomic E-state index is 5.32. The lowest BCUT2D eigenvalue weighted by Crippen LogP contribution is -2.24. The Bertz CT molecular complexity index is 797. The summed E-state index contributed by atoms with van der Waals surface area (Å²) < 4.78 is 7.66. The van der Waals surface area contributed by atoms with Crippen molar-refractivity contribution >= 4 is 11.0 Å². The lowest BCUT2D eigenvalue weighted by molar-refractivity contribution is 0.396. The minimum Gasteiger partial charge on any atom is -0.497 e. The number of fused-ring (bicyclic) bond motifs is 1. The number of rotatable bonds is 3. The Morgan fingerprint density at radius 3 is 2.55 bits per heavy atom. The summed E-state index contributed by atoms with van der Waals surface area (Å²) in [4.78, 5) is 4.85. The van der Waals surface area contributed by atoms with Gasteiger partial charge in [-0.05, 0) is 50.6 Å². The summed E-state index contributed by atoms with van der Waals surface area (Å²) >= 11 is 0. The first-order chi connectivity index (χ1) is 10.5. The summed E-state index contributed by atoms with van der Waals surface area (Å²) in [6, 6.07) is 16.5. The fourth-order valence-electron chi connectivity index (χ4n) is 2.91. The van der Waals surface area contributed by atoms with Gasteiger partial charge in [-0.2, -0.15) is 0 Å². The standard InChI is InChI=1S/C19H22N2O/c1-19(2,3)21-17-11-6-5-10-16(17)20-18(21)13-14-8-7-9-15(12-14)22-4/h5-12H,13H2,1-4H3. The molecule has 0 saturated heterocycles. The van der Waals surface area contributed by atoms with Crippen LogP contribution in [0.5, 0.6) is 5.75 Å². The number of para-hydroxylation sites is 2. The molecule has 2 aromatic carbocycles. The Hall–Kier alpha value is -2.29. The molecule has 0 fully saturated rings. The van der Waals surface area contributed by atoms with Crippen molar-refractivity contribution < 1.29 is 4.74 Å². The van der Waals surface area contributed by atoms with Crippen molar-refractivity contribution in [3.63, 3.8) is 0 Å². The predicted molar refractivity (Wildman–Crippen MR) is 90.5 cm³/mol. The molecule has 3 aromatic rings. The monoisotopic (exact) mass is 294 g/mol. The third-order valence-electron chi connectivity index (χ3n) is 3.80. The zero-order valence-corrected chi connectivity index (χ0v) is 13.6. The second-order valence-corrected chi connectivity index (χ2v) is 6.55. The molecule has 0 spiro atoms. The summed E-state index contributed by atoms with van der Waals surface area (Å²) in [6.45, 7) is 6.66. The first kappa shape index (κ1) is 14.6. The lowest BCUT2D eigenvalue weighted by Gasteiger charge is -2.24. The smallest absolute Gasteiger partial charge is 0.119 e. The van der Waals surface area contributed by atoms with Crippen LogP contribution >= 0.6 is 0 Å². The zero-order chi connectivity index (χ0) is 15.7. The van der Waals surface area contributed by atoms with E-state index < -0.39 is 0 Å². The van der Waals surface area contributed by atoms with E-state index in [1.807, 2.05) is 18.2 Å². The quantitative estimate of drug-likeness (QED) is 0.716. The van der Waals surface area contributed by atoms with Crippen molar-refractivity contribution in [1.82, 2.24) is 9.55 Å². The summed E-state index contributed by atoms with van der Waals surface area (Å²) in [7, 11) is 1.70. The van der Waals surface area contributed by atoms with E-state index in [-0.39, 0.29) is 5.54 Å². The van der Waals surface area contributed by atoms with Crippen molar-refractivity contribution in [1.29, 1.82) is 0 Å². The number of ether oxygens (including phenoxy) is 1. The number of benzene rings is 2. The van der Waals surface area contributed by atoms with Crippen molar-refractivity contribution in [3.05, 3.63) is 59.9 Å². The Labute approximate surface area is 131 Å². The van der Waals surface area contributed by atoms with Crippen molar-refractivity contribution in [2.24, 2.45) is 0 Å². The molecular weight excluding hydrogens is 272 g/mol. The number of hydrogen-bond acceptors (Lipinski definition) is 2. The summed E-state index contributed by atoms with van der Waals surface area (Å²) in [5.41, 5.74) is 3.44. The molecule has 0 atom stereocenters. The van der Waals surface area contributed by atoms with Gasteiger partial charge in [-0.1, -0.05) is 24.3 Å². The van der Waals surface area contributed by atoms with Gasteiger partial charge < -0.3 is 9.30 Å². The first-order valence-electron chi connectivity index (χ1n) is 7.59. The lowest BCUT2D eigenvalue weighted by atomic mass is 10.1. The molecule has 0 saturated carbocycles. The van der Waals surface area contributed by atoms with Crippen LogP contribution in [0.15, 0.2) is 48.5 Å². The van der Waals surface area contributed by atoms with E-state index in [9.17, 15) is 0 Å². The molecule has 0 aliphatic heterocycles. The number of imidazole rings is 1. The second kappa shape index (κ2) is 5.48. The Morgan fingerprint density at radius 1 is 1.05 bits per heavy atom. The van der Waals surface area contributed by atoms with Crippen LogP contribution in [0.1, 0.15) is 32.2 Å². The molecule has 0 aliphatic rings. The van der Waals surface area contributed by atoms with Crippen LogP contribution in [0.25, 0.3) is 11.0 Å². The van der Waals surface area contributed by atoms with Crippen LogP contribution in [0.3, 0.4) is 0 Å². The van der Waals surface area contributed by atoms with Gasteiger partial charge in [0.15, 0.2) is 0 Å². The maximum Gasteiger partial charge on any atom is 0.119 e. The topological polar surface area (TPSA) is 27.1 Å². The average molecular weight is 294 g/mol. The summed E-state index contributed by atoms with van der Waals surface area (Å²) in [5, 5.41) is 0. The molecule has 0 aliphatic carbocycles. The first-order valence-corrected chi connectivity index (χ1v) is 7.59. The van der Waals surface area contributed by atoms with Gasteiger partial charge in [0, 0.05) is 12.0 Å². The molecule has 1 heterocycles. The van der Waals surface area contributed by atoms with E-state index in [1.165, 1.54) is 11.1 Å². The van der Waals surface area contributed by atoms with E-state index >= 15 is 0 Å². The fourth-order valence-corrected chi connectivity index (χ4v) is 2.91. The van der Waals surface area contributed by atoms with Gasteiger partial charge in [-0.25, -0.2) is 4.98 Å². The third kappa shape index (κ3) is 2.71. The van der Waals surface area contributed by atoms with Crippen molar-refractivity contribution in [2.75, 3.05) is 7.11 Å². The van der Waals surface area contributed by atoms with Crippen LogP contribution in [0.4, 0.5) is 0 Å². The highest BCUT2D eigenvalue weighted by Crippen LogP contribution is 2.27. The maximum atomic E-state index is 5.32. The highest BCUT2D eigenvalue weighted by atomic mass is 16.5. The van der Waals surface area contributed by atoms with E-state index in [1.54, 1.807) is 7.11 Å². The minimum absolute atomic E-state index is 0.00962. The van der Waals surface area contributed by atoms with E-state index in [4.69, 9.17) is 9.72 Å². The van der Waals surface area contributed by atoms with Crippen molar-refractivity contribution in [3.8, 4) is 5.75 Å². The molecule has 3 rings (SSSR count). The Kier molecular flexibility index (Phi) is 3.65. The molecule has 1 aromatic heterocycles. The molecule has 3 nitrogen and oxygen atoms in total. The van der Waals surface area contributed by atoms with Gasteiger partial charge in [0.05, 0.1) is 18.1 Å². The highest BCUT2D eigenvalue weighted by Gasteiger charge is 2.21. The summed E-state index contributed by atoms with van der Waals surface area (Å²) in [6.07, 6.45) is 0.795. The molecule has 114 valence electrons. The number of methoxy groups -OCH3 is 1. The van der Waals surface area contributed by atoms with Crippen LogP contribution in [0.2, 0.25) is 0 Å². The Morgan fingerprint density at radius 2 is 1.82 bits per heavy atom. The van der Waals surface area contributed by atoms with Crippen LogP contribution in [-0.2, 0) is 12.0 Å². The van der Waals surface area contributed by atoms with Crippen molar-refractivity contribution in [2.45, 2.75) is 32.7 Å². The normalized spacial score (nSPS) is 11.8. The Balaban J connectivity index is 2.10. The third-order valence-corrected chi connectivity index (χ3v) is 3.80. The fraction of sp³-hybridized carbons (Fsp3) is 0.316. The molecular formula is C19H22N2O. The minimum atomic E-state index is -0.00962. The average Bonchev–Trinajstić information content (AvgIpc) is 2.85. The summed E-state index contributed by atoms with van der Waals surface area (Å²) in [5.74, 6) is 1.97. The van der Waals surface area contributed by atoms with Gasteiger partial charge in [-0.3, -0.25) is 0 Å². The molecule has 0 bridgehead atoms. The van der Waals surface area contributed by atoms with Crippen LogP contribution in [0, 0.1) is 0 Å². The van der Waals surface area contributed by atoms with Crippen LogP contribution < -0.4 is 4.74 Å². The van der Waals surface area contributed by atoms with Gasteiger partial charge in [0.1, 0.15) is 11.6 Å². The molecule has 3 heteroatoms. The number of nitrogens with zero attached hydrogens (tertiary/aromatic N) is 2. The molecule has 0 radical (unpaired) electrons. The van der Waals surface area contributed by atoms with Gasteiger partial charge >= 0.3 is 0 Å². The van der Waals surface area contributed by atoms with Gasteiger partial charge in [0.2, 0.25) is 0 Å². The van der Waals surface area contributed by atoms with E-state index in [2.05, 4.69) is 55.7 Å². The largest absolute Gasteiger partial charge is 0.497 e. The van der Waals surface area contributed by atoms with E-state index in [0.29, 0.717) is 0 Å². The number of aromatic nitrogens is 2. The highest BCUT2D eigenvalue weighted by molar-refractivity contribution is 5.76. The zero-order valence-electron chi connectivity index (χ0n) is 13.6. The molecule has 0 unspecified atom stereocenters. The number of hydrogen-bond donors (Lipinski definition) is 0. The predicted octanol–water partition coefficient (Wildman–Crippen LogP) is 4.39. The molecule has 0 amide bonds. The van der Waals surface area contributed by atoms with Crippen LogP contribution in [-0.4, -0.2) is 16.7 Å². The second-order valence-electron chi connectivity index (χ2n) is 6.55. The van der Waals surface area contributed by atoms with Gasteiger partial charge in [-0.15, -0.1) is 0 Å². The van der Waals surface area contributed by atoms with Gasteiger partial charge in [0.25, 0.3) is 0 Å². The molecule has 22 heavy (non-hydrogen) atoms.